The Morgan fingerprint density at radius 3 is 2.27 bits per heavy atom. The molecule has 0 aromatic heterocycles. The van der Waals surface area contributed by atoms with Crippen LogP contribution in [0.3, 0.4) is 0 Å². The number of amides is 2. The van der Waals surface area contributed by atoms with E-state index >= 15 is 0 Å². The van der Waals surface area contributed by atoms with Crippen LogP contribution in [0.4, 0.5) is 5.69 Å². The van der Waals surface area contributed by atoms with Crippen molar-refractivity contribution in [3.63, 3.8) is 0 Å². The van der Waals surface area contributed by atoms with E-state index < -0.39 is 0 Å². The maximum absolute atomic E-state index is 12.3. The smallest absolute Gasteiger partial charge is 0.226 e. The second kappa shape index (κ2) is 6.95. The highest BCUT2D eigenvalue weighted by Gasteiger charge is 2.35. The summed E-state index contributed by atoms with van der Waals surface area (Å²) in [5.41, 5.74) is 1.64. The maximum Gasteiger partial charge on any atom is 0.226 e. The SMILES string of the molecule is CC(C)C(=O)Nc1ccc(CNC(=O)C2(C)CCCC2)cc1. The van der Waals surface area contributed by atoms with E-state index in [0.717, 1.165) is 36.9 Å². The summed E-state index contributed by atoms with van der Waals surface area (Å²) in [6.45, 7) is 6.32. The van der Waals surface area contributed by atoms with Gasteiger partial charge < -0.3 is 10.6 Å². The van der Waals surface area contributed by atoms with E-state index in [0.29, 0.717) is 6.54 Å². The zero-order chi connectivity index (χ0) is 16.2. The van der Waals surface area contributed by atoms with Crippen molar-refractivity contribution in [1.82, 2.24) is 5.32 Å². The molecule has 0 bridgehead atoms. The van der Waals surface area contributed by atoms with Crippen molar-refractivity contribution in [2.24, 2.45) is 11.3 Å². The number of hydrogen-bond acceptors (Lipinski definition) is 2. The number of hydrogen-bond donors (Lipinski definition) is 2. The van der Waals surface area contributed by atoms with Gasteiger partial charge in [0.25, 0.3) is 0 Å². The van der Waals surface area contributed by atoms with Gasteiger partial charge in [-0.1, -0.05) is 45.7 Å². The van der Waals surface area contributed by atoms with Crippen molar-refractivity contribution in [1.29, 1.82) is 0 Å². The first-order chi connectivity index (χ1) is 10.4. The largest absolute Gasteiger partial charge is 0.352 e. The van der Waals surface area contributed by atoms with Gasteiger partial charge in [-0.25, -0.2) is 0 Å². The summed E-state index contributed by atoms with van der Waals surface area (Å²) in [5, 5.41) is 5.89. The Labute approximate surface area is 132 Å². The summed E-state index contributed by atoms with van der Waals surface area (Å²) < 4.78 is 0. The van der Waals surface area contributed by atoms with Gasteiger partial charge in [0.05, 0.1) is 0 Å². The molecular formula is C18H26N2O2. The third-order valence-corrected chi connectivity index (χ3v) is 4.45. The van der Waals surface area contributed by atoms with Gasteiger partial charge in [-0.3, -0.25) is 9.59 Å². The first-order valence-electron chi connectivity index (χ1n) is 8.09. The summed E-state index contributed by atoms with van der Waals surface area (Å²) in [5.74, 6) is 0.128. The van der Waals surface area contributed by atoms with Crippen LogP contribution in [0, 0.1) is 11.3 Å². The standard InChI is InChI=1S/C18H26N2O2/c1-13(2)16(21)20-15-8-6-14(7-9-15)12-19-17(22)18(3)10-4-5-11-18/h6-9,13H,4-5,10-12H2,1-3H3,(H,19,22)(H,20,21). The molecule has 2 amide bonds. The molecule has 0 heterocycles. The molecule has 1 aliphatic rings. The molecule has 0 aliphatic heterocycles. The van der Waals surface area contributed by atoms with Crippen LogP contribution in [0.2, 0.25) is 0 Å². The van der Waals surface area contributed by atoms with Crippen LogP contribution in [0.15, 0.2) is 24.3 Å². The lowest BCUT2D eigenvalue weighted by atomic mass is 9.88. The third-order valence-electron chi connectivity index (χ3n) is 4.45. The molecule has 0 atom stereocenters. The van der Waals surface area contributed by atoms with E-state index in [-0.39, 0.29) is 23.1 Å². The monoisotopic (exact) mass is 302 g/mol. The Bertz CT molecular complexity index is 529. The highest BCUT2D eigenvalue weighted by molar-refractivity contribution is 5.92. The molecule has 1 aromatic rings. The number of nitrogens with one attached hydrogen (secondary N) is 2. The Morgan fingerprint density at radius 1 is 1.14 bits per heavy atom. The van der Waals surface area contributed by atoms with E-state index in [2.05, 4.69) is 17.6 Å². The van der Waals surface area contributed by atoms with Gasteiger partial charge in [-0.05, 0) is 30.5 Å². The van der Waals surface area contributed by atoms with Crippen LogP contribution in [-0.4, -0.2) is 11.8 Å². The highest BCUT2D eigenvalue weighted by Crippen LogP contribution is 2.37. The van der Waals surface area contributed by atoms with Gasteiger partial charge in [0.15, 0.2) is 0 Å². The van der Waals surface area contributed by atoms with Gasteiger partial charge in [-0.2, -0.15) is 0 Å². The van der Waals surface area contributed by atoms with E-state index in [9.17, 15) is 9.59 Å². The summed E-state index contributed by atoms with van der Waals surface area (Å²) in [4.78, 5) is 23.9. The predicted molar refractivity (Wildman–Crippen MR) is 88.3 cm³/mol. The average Bonchev–Trinajstić information content (AvgIpc) is 2.94. The van der Waals surface area contributed by atoms with Crippen molar-refractivity contribution < 1.29 is 9.59 Å². The molecule has 4 nitrogen and oxygen atoms in total. The topological polar surface area (TPSA) is 58.2 Å². The van der Waals surface area contributed by atoms with Gasteiger partial charge in [-0.15, -0.1) is 0 Å². The molecule has 1 aliphatic carbocycles. The van der Waals surface area contributed by atoms with Gasteiger partial charge in [0.2, 0.25) is 11.8 Å². The second-order valence-corrected chi connectivity index (χ2v) is 6.79. The molecule has 0 spiro atoms. The molecular weight excluding hydrogens is 276 g/mol. The molecule has 1 aromatic carbocycles. The molecule has 0 radical (unpaired) electrons. The molecule has 2 rings (SSSR count). The normalized spacial score (nSPS) is 16.5. The number of anilines is 1. The summed E-state index contributed by atoms with van der Waals surface area (Å²) in [6, 6.07) is 7.62. The van der Waals surface area contributed by atoms with Gasteiger partial charge in [0.1, 0.15) is 0 Å². The first-order valence-corrected chi connectivity index (χ1v) is 8.09. The Hall–Kier alpha value is -1.84. The van der Waals surface area contributed by atoms with Crippen molar-refractivity contribution in [2.75, 3.05) is 5.32 Å². The highest BCUT2D eigenvalue weighted by atomic mass is 16.2. The van der Waals surface area contributed by atoms with Crippen LogP contribution >= 0.6 is 0 Å². The quantitative estimate of drug-likeness (QED) is 0.875. The Kier molecular flexibility index (Phi) is 5.22. The van der Waals surface area contributed by atoms with Crippen molar-refractivity contribution in [3.8, 4) is 0 Å². The van der Waals surface area contributed by atoms with Crippen LogP contribution in [0.1, 0.15) is 52.0 Å². The van der Waals surface area contributed by atoms with Gasteiger partial charge in [0, 0.05) is 23.6 Å². The molecule has 22 heavy (non-hydrogen) atoms. The first kappa shape index (κ1) is 16.5. The zero-order valence-electron chi connectivity index (χ0n) is 13.7. The summed E-state index contributed by atoms with van der Waals surface area (Å²) in [7, 11) is 0. The molecule has 120 valence electrons. The lowest BCUT2D eigenvalue weighted by Crippen LogP contribution is -2.36. The number of carbonyl (C=O) groups excluding carboxylic acids is 2. The number of rotatable bonds is 5. The molecule has 4 heteroatoms. The van der Waals surface area contributed by atoms with Crippen LogP contribution in [0.5, 0.6) is 0 Å². The van der Waals surface area contributed by atoms with Gasteiger partial charge >= 0.3 is 0 Å². The van der Waals surface area contributed by atoms with Crippen LogP contribution < -0.4 is 10.6 Å². The third kappa shape index (κ3) is 4.09. The summed E-state index contributed by atoms with van der Waals surface area (Å²) in [6.07, 6.45) is 4.26. The van der Waals surface area contributed by atoms with Crippen molar-refractivity contribution in [3.05, 3.63) is 29.8 Å². The molecule has 1 saturated carbocycles. The fourth-order valence-corrected chi connectivity index (χ4v) is 2.77. The minimum atomic E-state index is -0.189. The number of benzene rings is 1. The average molecular weight is 302 g/mol. The second-order valence-electron chi connectivity index (χ2n) is 6.79. The fourth-order valence-electron chi connectivity index (χ4n) is 2.77. The van der Waals surface area contributed by atoms with Crippen molar-refractivity contribution >= 4 is 17.5 Å². The van der Waals surface area contributed by atoms with E-state index in [4.69, 9.17) is 0 Å². The lowest BCUT2D eigenvalue weighted by Gasteiger charge is -2.22. The molecule has 2 N–H and O–H groups in total. The predicted octanol–water partition coefficient (Wildman–Crippen LogP) is 3.48. The Morgan fingerprint density at radius 2 is 1.73 bits per heavy atom. The van der Waals surface area contributed by atoms with Crippen molar-refractivity contribution in [2.45, 2.75) is 53.0 Å². The minimum Gasteiger partial charge on any atom is -0.352 e. The summed E-state index contributed by atoms with van der Waals surface area (Å²) >= 11 is 0. The fraction of sp³-hybridized carbons (Fsp3) is 0.556. The minimum absolute atomic E-state index is 0.00945. The van der Waals surface area contributed by atoms with E-state index in [1.807, 2.05) is 38.1 Å². The van der Waals surface area contributed by atoms with E-state index in [1.165, 1.54) is 0 Å². The van der Waals surface area contributed by atoms with Crippen LogP contribution in [0.25, 0.3) is 0 Å². The molecule has 1 fully saturated rings. The number of carbonyl (C=O) groups is 2. The zero-order valence-corrected chi connectivity index (χ0v) is 13.7. The van der Waals surface area contributed by atoms with E-state index in [1.54, 1.807) is 0 Å². The Balaban J connectivity index is 1.86. The maximum atomic E-state index is 12.3. The lowest BCUT2D eigenvalue weighted by molar-refractivity contribution is -0.130. The van der Waals surface area contributed by atoms with Crippen LogP contribution in [-0.2, 0) is 16.1 Å². The molecule has 0 saturated heterocycles. The molecule has 0 unspecified atom stereocenters.